The summed E-state index contributed by atoms with van der Waals surface area (Å²) in [5, 5.41) is 0. The average molecular weight is 250 g/mol. The van der Waals surface area contributed by atoms with E-state index in [1.54, 1.807) is 0 Å². The van der Waals surface area contributed by atoms with E-state index in [4.69, 9.17) is 4.74 Å². The standard InChI is InChI=1S/C16H26O2/c1-5-9-10-13(6-2)11-16(8-4)12-14(7-3)15(17)18-16/h9-10,12-13H,5-8,11H2,1-4H3/b10-9+/t13-,16-/m1/s1. The minimum Gasteiger partial charge on any atom is -0.451 e. The summed E-state index contributed by atoms with van der Waals surface area (Å²) in [5.41, 5.74) is 0.479. The van der Waals surface area contributed by atoms with Crippen molar-refractivity contribution < 1.29 is 9.53 Å². The summed E-state index contributed by atoms with van der Waals surface area (Å²) in [4.78, 5) is 11.8. The van der Waals surface area contributed by atoms with E-state index in [1.807, 2.05) is 6.92 Å². The lowest BCUT2D eigenvalue weighted by atomic mass is 9.86. The molecule has 0 saturated carbocycles. The first-order valence-corrected chi connectivity index (χ1v) is 7.22. The van der Waals surface area contributed by atoms with Crippen molar-refractivity contribution in [2.45, 2.75) is 65.4 Å². The van der Waals surface area contributed by atoms with E-state index in [-0.39, 0.29) is 11.6 Å². The first-order chi connectivity index (χ1) is 8.60. The van der Waals surface area contributed by atoms with Gasteiger partial charge in [0, 0.05) is 5.57 Å². The number of esters is 1. The van der Waals surface area contributed by atoms with Gasteiger partial charge in [-0.2, -0.15) is 0 Å². The highest BCUT2D eigenvalue weighted by Crippen LogP contribution is 2.36. The van der Waals surface area contributed by atoms with Crippen LogP contribution in [0.5, 0.6) is 0 Å². The van der Waals surface area contributed by atoms with Gasteiger partial charge < -0.3 is 4.74 Å². The van der Waals surface area contributed by atoms with Crippen LogP contribution in [-0.2, 0) is 9.53 Å². The normalized spacial score (nSPS) is 25.3. The fourth-order valence-electron chi connectivity index (χ4n) is 2.44. The van der Waals surface area contributed by atoms with Gasteiger partial charge in [-0.3, -0.25) is 0 Å². The second-order valence-corrected chi connectivity index (χ2v) is 5.04. The van der Waals surface area contributed by atoms with E-state index in [2.05, 4.69) is 39.0 Å². The fourth-order valence-corrected chi connectivity index (χ4v) is 2.44. The number of cyclic esters (lactones) is 1. The molecule has 18 heavy (non-hydrogen) atoms. The molecule has 0 spiro atoms. The summed E-state index contributed by atoms with van der Waals surface area (Å²) in [6.45, 7) is 8.44. The zero-order chi connectivity index (χ0) is 13.6. The molecular formula is C16H26O2. The molecule has 102 valence electrons. The van der Waals surface area contributed by atoms with E-state index in [0.717, 1.165) is 37.7 Å². The number of hydrogen-bond acceptors (Lipinski definition) is 2. The van der Waals surface area contributed by atoms with Gasteiger partial charge in [0.2, 0.25) is 0 Å². The topological polar surface area (TPSA) is 26.3 Å². The molecule has 0 fully saturated rings. The van der Waals surface area contributed by atoms with Crippen molar-refractivity contribution in [3.8, 4) is 0 Å². The maximum atomic E-state index is 11.8. The Morgan fingerprint density at radius 1 is 1.33 bits per heavy atom. The molecule has 0 unspecified atom stereocenters. The minimum absolute atomic E-state index is 0.117. The molecule has 0 bridgehead atoms. The van der Waals surface area contributed by atoms with E-state index in [9.17, 15) is 4.79 Å². The summed E-state index contributed by atoms with van der Waals surface area (Å²) >= 11 is 0. The van der Waals surface area contributed by atoms with Crippen LogP contribution in [-0.4, -0.2) is 11.6 Å². The molecule has 0 aromatic heterocycles. The molecule has 1 aliphatic rings. The molecule has 2 heteroatoms. The fraction of sp³-hybridized carbons (Fsp3) is 0.688. The highest BCUT2D eigenvalue weighted by atomic mass is 16.6. The van der Waals surface area contributed by atoms with Crippen molar-refractivity contribution in [1.82, 2.24) is 0 Å². The van der Waals surface area contributed by atoms with Gasteiger partial charge in [-0.05, 0) is 44.1 Å². The zero-order valence-electron chi connectivity index (χ0n) is 12.2. The Bertz CT molecular complexity index is 341. The van der Waals surface area contributed by atoms with Crippen LogP contribution in [0, 0.1) is 5.92 Å². The Morgan fingerprint density at radius 3 is 2.50 bits per heavy atom. The first-order valence-electron chi connectivity index (χ1n) is 7.22. The summed E-state index contributed by atoms with van der Waals surface area (Å²) in [6.07, 6.45) is 11.2. The van der Waals surface area contributed by atoms with Crippen molar-refractivity contribution in [3.05, 3.63) is 23.8 Å². The highest BCUT2D eigenvalue weighted by Gasteiger charge is 2.38. The number of carbonyl (C=O) groups is 1. The van der Waals surface area contributed by atoms with E-state index >= 15 is 0 Å². The quantitative estimate of drug-likeness (QED) is 0.494. The average Bonchev–Trinajstić information content (AvgIpc) is 2.71. The van der Waals surface area contributed by atoms with Crippen LogP contribution in [0.3, 0.4) is 0 Å². The van der Waals surface area contributed by atoms with Crippen LogP contribution in [0.2, 0.25) is 0 Å². The maximum absolute atomic E-state index is 11.8. The lowest BCUT2D eigenvalue weighted by Crippen LogP contribution is -2.29. The number of allylic oxidation sites excluding steroid dienone is 2. The predicted molar refractivity (Wildman–Crippen MR) is 75.3 cm³/mol. The van der Waals surface area contributed by atoms with Crippen LogP contribution in [0.1, 0.15) is 59.8 Å². The van der Waals surface area contributed by atoms with Crippen LogP contribution < -0.4 is 0 Å². The third-order valence-electron chi connectivity index (χ3n) is 3.75. The van der Waals surface area contributed by atoms with Crippen molar-refractivity contribution >= 4 is 5.97 Å². The van der Waals surface area contributed by atoms with Crippen molar-refractivity contribution in [3.63, 3.8) is 0 Å². The SMILES string of the molecule is CC/C=C/[C@@H](CC)C[C@]1(CC)C=C(CC)C(=O)O1. The van der Waals surface area contributed by atoms with E-state index in [1.165, 1.54) is 0 Å². The molecule has 0 amide bonds. The van der Waals surface area contributed by atoms with Gasteiger partial charge in [0.15, 0.2) is 0 Å². The first kappa shape index (κ1) is 15.0. The Labute approximate surface area is 111 Å². The molecule has 1 rings (SSSR count). The van der Waals surface area contributed by atoms with E-state index < -0.39 is 0 Å². The van der Waals surface area contributed by atoms with Gasteiger partial charge in [0.05, 0.1) is 0 Å². The molecule has 0 aromatic carbocycles. The van der Waals surface area contributed by atoms with Gasteiger partial charge >= 0.3 is 5.97 Å². The second kappa shape index (κ2) is 6.77. The molecule has 2 nitrogen and oxygen atoms in total. The summed E-state index contributed by atoms with van der Waals surface area (Å²) in [5.74, 6) is 0.374. The van der Waals surface area contributed by atoms with Crippen LogP contribution >= 0.6 is 0 Å². The molecule has 1 aliphatic heterocycles. The van der Waals surface area contributed by atoms with Crippen molar-refractivity contribution in [2.24, 2.45) is 5.92 Å². The smallest absolute Gasteiger partial charge is 0.334 e. The van der Waals surface area contributed by atoms with Gasteiger partial charge in [0.25, 0.3) is 0 Å². The lowest BCUT2D eigenvalue weighted by molar-refractivity contribution is -0.147. The zero-order valence-corrected chi connectivity index (χ0v) is 12.2. The number of rotatable bonds is 7. The van der Waals surface area contributed by atoms with Gasteiger partial charge in [0.1, 0.15) is 5.60 Å². The van der Waals surface area contributed by atoms with Crippen molar-refractivity contribution in [2.75, 3.05) is 0 Å². The van der Waals surface area contributed by atoms with Crippen LogP contribution in [0.4, 0.5) is 0 Å². The Hall–Kier alpha value is -1.05. The Kier molecular flexibility index (Phi) is 5.64. The minimum atomic E-state index is -0.360. The summed E-state index contributed by atoms with van der Waals surface area (Å²) in [6, 6.07) is 0. The Balaban J connectivity index is 2.81. The van der Waals surface area contributed by atoms with Crippen LogP contribution in [0.25, 0.3) is 0 Å². The third-order valence-corrected chi connectivity index (χ3v) is 3.75. The van der Waals surface area contributed by atoms with Gasteiger partial charge in [-0.1, -0.05) is 39.8 Å². The summed E-state index contributed by atoms with van der Waals surface area (Å²) in [7, 11) is 0. The molecule has 0 radical (unpaired) electrons. The number of hydrogen-bond donors (Lipinski definition) is 0. The van der Waals surface area contributed by atoms with Crippen LogP contribution in [0.15, 0.2) is 23.8 Å². The molecule has 0 aromatic rings. The highest BCUT2D eigenvalue weighted by molar-refractivity contribution is 5.91. The Morgan fingerprint density at radius 2 is 2.06 bits per heavy atom. The second-order valence-electron chi connectivity index (χ2n) is 5.04. The molecular weight excluding hydrogens is 224 g/mol. The number of ether oxygens (including phenoxy) is 1. The monoisotopic (exact) mass is 250 g/mol. The molecule has 0 aliphatic carbocycles. The lowest BCUT2D eigenvalue weighted by Gasteiger charge is -2.28. The predicted octanol–water partition coefficient (Wildman–Crippen LogP) is 4.41. The molecule has 0 saturated heterocycles. The maximum Gasteiger partial charge on any atom is 0.334 e. The largest absolute Gasteiger partial charge is 0.451 e. The third kappa shape index (κ3) is 3.47. The number of carbonyl (C=O) groups excluding carboxylic acids is 1. The molecule has 1 heterocycles. The molecule has 2 atom stereocenters. The van der Waals surface area contributed by atoms with E-state index in [0.29, 0.717) is 5.92 Å². The summed E-state index contributed by atoms with van der Waals surface area (Å²) < 4.78 is 5.65. The van der Waals surface area contributed by atoms with Crippen molar-refractivity contribution in [1.29, 1.82) is 0 Å². The van der Waals surface area contributed by atoms with Gasteiger partial charge in [-0.15, -0.1) is 0 Å². The molecule has 0 N–H and O–H groups in total. The van der Waals surface area contributed by atoms with Gasteiger partial charge in [-0.25, -0.2) is 4.79 Å².